The van der Waals surface area contributed by atoms with Gasteiger partial charge in [-0.3, -0.25) is 4.58 Å². The number of benzene rings is 1. The number of halogens is 1. The Bertz CT molecular complexity index is 564. The third-order valence-corrected chi connectivity index (χ3v) is 5.06. The third-order valence-electron chi connectivity index (χ3n) is 3.16. The van der Waals surface area contributed by atoms with Gasteiger partial charge in [0, 0.05) is 6.92 Å². The maximum absolute atomic E-state index is 12.4. The van der Waals surface area contributed by atoms with E-state index in [1.165, 1.54) is 4.31 Å². The van der Waals surface area contributed by atoms with E-state index in [1.54, 1.807) is 12.1 Å². The summed E-state index contributed by atoms with van der Waals surface area (Å²) in [7, 11) is -1.48. The molecule has 100 valence electrons. The highest BCUT2D eigenvalue weighted by molar-refractivity contribution is 7.89. The van der Waals surface area contributed by atoms with Crippen molar-refractivity contribution < 1.29 is 37.0 Å². The average molecular weight is 380 g/mol. The molecule has 0 saturated carbocycles. The van der Waals surface area contributed by atoms with E-state index in [1.807, 2.05) is 37.6 Å². The van der Waals surface area contributed by atoms with E-state index < -0.39 is 10.0 Å². The van der Waals surface area contributed by atoms with Crippen molar-refractivity contribution in [3.63, 3.8) is 0 Å². The van der Waals surface area contributed by atoms with Crippen LogP contribution >= 0.6 is 0 Å². The molecule has 1 aromatic carbocycles. The Kier molecular flexibility index (Phi) is 4.77. The molecule has 0 N–H and O–H groups in total. The van der Waals surface area contributed by atoms with Crippen LogP contribution in [0, 0.1) is 6.92 Å². The van der Waals surface area contributed by atoms with E-state index in [-0.39, 0.29) is 24.0 Å². The number of rotatable bonds is 2. The third kappa shape index (κ3) is 2.69. The lowest BCUT2D eigenvalue weighted by molar-refractivity contribution is -0.486. The molecule has 0 unspecified atom stereocenters. The molecule has 0 atom stereocenters. The minimum Gasteiger partial charge on any atom is -1.00 e. The van der Waals surface area contributed by atoms with E-state index in [0.29, 0.717) is 11.4 Å². The Morgan fingerprint density at radius 3 is 2.17 bits per heavy atom. The maximum Gasteiger partial charge on any atom is 0.330 e. The first-order valence-corrected chi connectivity index (χ1v) is 7.01. The molecule has 0 bridgehead atoms. The fourth-order valence-corrected chi connectivity index (χ4v) is 3.43. The van der Waals surface area contributed by atoms with Crippen LogP contribution in [0.25, 0.3) is 0 Å². The van der Waals surface area contributed by atoms with Gasteiger partial charge in [-0.25, -0.2) is 0 Å². The first-order valence-electron chi connectivity index (χ1n) is 5.57. The van der Waals surface area contributed by atoms with E-state index in [2.05, 4.69) is 0 Å². The summed E-state index contributed by atoms with van der Waals surface area (Å²) in [6.45, 7) is 5.05. The number of hydrogen-bond donors (Lipinski definition) is 0. The summed E-state index contributed by atoms with van der Waals surface area (Å²) in [5.74, 6) is 0.783. The van der Waals surface area contributed by atoms with Crippen molar-refractivity contribution in [1.29, 1.82) is 0 Å². The molecule has 6 heteroatoms. The van der Waals surface area contributed by atoms with E-state index in [9.17, 15) is 8.42 Å². The van der Waals surface area contributed by atoms with Gasteiger partial charge in [0.25, 0.3) is 5.84 Å². The van der Waals surface area contributed by atoms with Gasteiger partial charge in [-0.15, -0.1) is 4.31 Å². The van der Waals surface area contributed by atoms with Crippen molar-refractivity contribution in [3.05, 3.63) is 29.8 Å². The summed E-state index contributed by atoms with van der Waals surface area (Å²) in [5.41, 5.74) is 1.06. The van der Waals surface area contributed by atoms with Gasteiger partial charge in [-0.1, -0.05) is 17.7 Å². The first-order chi connectivity index (χ1) is 7.93. The van der Waals surface area contributed by atoms with Crippen molar-refractivity contribution in [2.75, 3.05) is 20.1 Å². The molecule has 0 saturated heterocycles. The predicted molar refractivity (Wildman–Crippen MR) is 66.8 cm³/mol. The molecule has 1 aliphatic heterocycles. The minimum atomic E-state index is -3.38. The van der Waals surface area contributed by atoms with Crippen molar-refractivity contribution in [2.24, 2.45) is 0 Å². The fourth-order valence-electron chi connectivity index (χ4n) is 1.89. The number of sulfonamides is 1. The van der Waals surface area contributed by atoms with Crippen LogP contribution in [-0.4, -0.2) is 43.3 Å². The van der Waals surface area contributed by atoms with Gasteiger partial charge in [0.2, 0.25) is 0 Å². The summed E-state index contributed by atoms with van der Waals surface area (Å²) < 4.78 is 28.2. The van der Waals surface area contributed by atoms with E-state index >= 15 is 0 Å². The van der Waals surface area contributed by atoms with Gasteiger partial charge in [0.15, 0.2) is 0 Å². The lowest BCUT2D eigenvalue weighted by Gasteiger charge is -2.11. The minimum absolute atomic E-state index is 0. The molecule has 1 aromatic rings. The summed E-state index contributed by atoms with van der Waals surface area (Å²) in [5, 5.41) is 0. The first kappa shape index (κ1) is 15.4. The Morgan fingerprint density at radius 1 is 1.17 bits per heavy atom. The van der Waals surface area contributed by atoms with Gasteiger partial charge >= 0.3 is 10.0 Å². The van der Waals surface area contributed by atoms with Crippen LogP contribution in [0.4, 0.5) is 0 Å². The second-order valence-electron chi connectivity index (χ2n) is 4.36. The zero-order valence-electron chi connectivity index (χ0n) is 10.7. The van der Waals surface area contributed by atoms with Crippen LogP contribution in [0.15, 0.2) is 29.2 Å². The highest BCUT2D eigenvalue weighted by Gasteiger charge is 2.37. The standard InChI is InChI=1S/C12H17N2O2S.HI/c1-10-4-6-12(7-5-10)17(15,16)14-9-8-13(3)11(14)2;/h4-7H,8-9H2,1-3H3;1H/q+1;/p-1. The van der Waals surface area contributed by atoms with Crippen LogP contribution in [0.2, 0.25) is 0 Å². The monoisotopic (exact) mass is 380 g/mol. The lowest BCUT2D eigenvalue weighted by Crippen LogP contribution is -3.00. The molecule has 0 aliphatic carbocycles. The number of amidine groups is 1. The van der Waals surface area contributed by atoms with Crippen LogP contribution in [0.5, 0.6) is 0 Å². The summed E-state index contributed by atoms with van der Waals surface area (Å²) >= 11 is 0. The molecule has 4 nitrogen and oxygen atoms in total. The second-order valence-corrected chi connectivity index (χ2v) is 6.22. The zero-order chi connectivity index (χ0) is 12.6. The van der Waals surface area contributed by atoms with Gasteiger partial charge in [0.1, 0.15) is 18.0 Å². The highest BCUT2D eigenvalue weighted by atomic mass is 127. The summed E-state index contributed by atoms with van der Waals surface area (Å²) in [6, 6.07) is 6.97. The van der Waals surface area contributed by atoms with Crippen molar-refractivity contribution in [2.45, 2.75) is 18.7 Å². The molecule has 0 amide bonds. The number of hydrogen-bond acceptors (Lipinski definition) is 2. The maximum atomic E-state index is 12.4. The highest BCUT2D eigenvalue weighted by Crippen LogP contribution is 2.18. The van der Waals surface area contributed by atoms with Crippen LogP contribution in [-0.2, 0) is 10.0 Å². The zero-order valence-corrected chi connectivity index (χ0v) is 13.7. The van der Waals surface area contributed by atoms with Crippen molar-refractivity contribution in [3.8, 4) is 0 Å². The van der Waals surface area contributed by atoms with Crippen LogP contribution in [0.1, 0.15) is 12.5 Å². The smallest absolute Gasteiger partial charge is 0.330 e. The number of nitrogens with zero attached hydrogens (tertiary/aromatic N) is 2. The van der Waals surface area contributed by atoms with Gasteiger partial charge in [-0.2, -0.15) is 8.42 Å². The SMILES string of the molecule is CC1=[N+](C)CCN1S(=O)(=O)c1ccc(C)cc1.[I-]. The Balaban J connectivity index is 0.00000162. The van der Waals surface area contributed by atoms with Crippen molar-refractivity contribution in [1.82, 2.24) is 4.31 Å². The molecular formula is C12H17IN2O2S. The molecule has 1 aliphatic rings. The normalized spacial score (nSPS) is 15.8. The predicted octanol–water partition coefficient (Wildman–Crippen LogP) is -1.94. The molecular weight excluding hydrogens is 363 g/mol. The average Bonchev–Trinajstić information content (AvgIpc) is 2.61. The molecule has 0 fully saturated rings. The Morgan fingerprint density at radius 2 is 1.72 bits per heavy atom. The number of likely N-dealkylation sites (N-methyl/N-ethyl adjacent to an activating group) is 1. The molecule has 1 heterocycles. The summed E-state index contributed by atoms with van der Waals surface area (Å²) in [6.07, 6.45) is 0. The Hall–Kier alpha value is -0.630. The van der Waals surface area contributed by atoms with Gasteiger partial charge in [-0.05, 0) is 19.1 Å². The van der Waals surface area contributed by atoms with Gasteiger partial charge < -0.3 is 24.0 Å². The number of aryl methyl sites for hydroxylation is 1. The second kappa shape index (κ2) is 5.56. The molecule has 18 heavy (non-hydrogen) atoms. The van der Waals surface area contributed by atoms with Gasteiger partial charge in [0.05, 0.1) is 7.05 Å². The van der Waals surface area contributed by atoms with Crippen molar-refractivity contribution >= 4 is 15.9 Å². The largest absolute Gasteiger partial charge is 1.00 e. The van der Waals surface area contributed by atoms with Crippen LogP contribution < -0.4 is 24.0 Å². The summed E-state index contributed by atoms with van der Waals surface area (Å²) in [4.78, 5) is 0.359. The van der Waals surface area contributed by atoms with E-state index in [4.69, 9.17) is 0 Å². The molecule has 2 rings (SSSR count). The quantitative estimate of drug-likeness (QED) is 0.443. The molecule has 0 aromatic heterocycles. The molecule has 0 radical (unpaired) electrons. The van der Waals surface area contributed by atoms with Crippen LogP contribution in [0.3, 0.4) is 0 Å². The van der Waals surface area contributed by atoms with E-state index in [0.717, 1.165) is 17.9 Å². The fraction of sp³-hybridized carbons (Fsp3) is 0.417. The topological polar surface area (TPSA) is 40.4 Å². The lowest BCUT2D eigenvalue weighted by atomic mass is 10.2. The Labute approximate surface area is 125 Å². The molecule has 0 spiro atoms.